The van der Waals surface area contributed by atoms with E-state index in [1.807, 2.05) is 19.1 Å². The smallest absolute Gasteiger partial charge is 0.330 e. The molecular weight excluding hydrogens is 340 g/mol. The Morgan fingerprint density at radius 2 is 1.96 bits per heavy atom. The van der Waals surface area contributed by atoms with Gasteiger partial charge in [-0.1, -0.05) is 51.6 Å². The quantitative estimate of drug-likeness (QED) is 0.250. The largest absolute Gasteiger partial charge is 0.508 e. The molecule has 0 spiro atoms. The fourth-order valence-corrected chi connectivity index (χ4v) is 3.26. The zero-order valence-electron chi connectivity index (χ0n) is 17.0. The number of esters is 1. The van der Waals surface area contributed by atoms with Crippen molar-refractivity contribution in [3.8, 4) is 5.75 Å². The highest BCUT2D eigenvalue weighted by Crippen LogP contribution is 2.41. The SMILES string of the molecule is C=CCO/C(=C\C/C=C/C(=O)OC)C(CC)(CC)c1ccc(O)c(CC)c1. The van der Waals surface area contributed by atoms with E-state index >= 15 is 0 Å². The first-order valence-corrected chi connectivity index (χ1v) is 9.50. The van der Waals surface area contributed by atoms with Crippen molar-refractivity contribution in [2.75, 3.05) is 13.7 Å². The van der Waals surface area contributed by atoms with Gasteiger partial charge in [-0.25, -0.2) is 4.79 Å². The third-order valence-corrected chi connectivity index (χ3v) is 4.94. The van der Waals surface area contributed by atoms with Crippen LogP contribution in [0.4, 0.5) is 0 Å². The van der Waals surface area contributed by atoms with E-state index in [4.69, 9.17) is 4.74 Å². The van der Waals surface area contributed by atoms with Crippen LogP contribution in [-0.4, -0.2) is 24.8 Å². The van der Waals surface area contributed by atoms with Gasteiger partial charge in [-0.15, -0.1) is 0 Å². The molecule has 0 saturated carbocycles. The second-order valence-corrected chi connectivity index (χ2v) is 6.32. The zero-order valence-corrected chi connectivity index (χ0v) is 17.0. The van der Waals surface area contributed by atoms with Gasteiger partial charge in [0.2, 0.25) is 0 Å². The van der Waals surface area contributed by atoms with Crippen LogP contribution in [0.15, 0.2) is 54.8 Å². The molecule has 0 aliphatic rings. The number of methoxy groups -OCH3 is 1. The Balaban J connectivity index is 3.34. The van der Waals surface area contributed by atoms with Crippen LogP contribution < -0.4 is 0 Å². The average molecular weight is 373 g/mol. The summed E-state index contributed by atoms with van der Waals surface area (Å²) in [5.74, 6) is 0.802. The maximum absolute atomic E-state index is 11.3. The normalized spacial score (nSPS) is 12.2. The van der Waals surface area contributed by atoms with Crippen LogP contribution >= 0.6 is 0 Å². The lowest BCUT2D eigenvalue weighted by molar-refractivity contribution is -0.134. The molecule has 1 aromatic carbocycles. The number of carbonyl (C=O) groups excluding carboxylic acids is 1. The number of ether oxygens (including phenoxy) is 2. The molecular formula is C23H32O4. The molecule has 0 unspecified atom stereocenters. The van der Waals surface area contributed by atoms with Crippen molar-refractivity contribution in [2.45, 2.75) is 51.9 Å². The third-order valence-electron chi connectivity index (χ3n) is 4.94. The topological polar surface area (TPSA) is 55.8 Å². The number of benzene rings is 1. The summed E-state index contributed by atoms with van der Waals surface area (Å²) in [6, 6.07) is 5.80. The van der Waals surface area contributed by atoms with Crippen molar-refractivity contribution < 1.29 is 19.4 Å². The predicted octanol–water partition coefficient (Wildman–Crippen LogP) is 5.22. The number of phenolic OH excluding ortho intramolecular Hbond substituents is 1. The van der Waals surface area contributed by atoms with E-state index in [-0.39, 0.29) is 11.4 Å². The van der Waals surface area contributed by atoms with Crippen LogP contribution in [0.25, 0.3) is 0 Å². The monoisotopic (exact) mass is 372 g/mol. The van der Waals surface area contributed by atoms with E-state index in [2.05, 4.69) is 31.2 Å². The number of rotatable bonds is 11. The first-order chi connectivity index (χ1) is 13.0. The molecule has 0 aromatic heterocycles. The molecule has 0 heterocycles. The highest BCUT2D eigenvalue weighted by atomic mass is 16.5. The van der Waals surface area contributed by atoms with Crippen molar-refractivity contribution in [2.24, 2.45) is 0 Å². The first kappa shape index (κ1) is 22.6. The van der Waals surface area contributed by atoms with Gasteiger partial charge in [0.1, 0.15) is 18.1 Å². The number of aromatic hydroxyl groups is 1. The Morgan fingerprint density at radius 1 is 1.26 bits per heavy atom. The van der Waals surface area contributed by atoms with Gasteiger partial charge in [-0.3, -0.25) is 0 Å². The maximum Gasteiger partial charge on any atom is 0.330 e. The fraction of sp³-hybridized carbons (Fsp3) is 0.435. The first-order valence-electron chi connectivity index (χ1n) is 9.50. The molecule has 1 rings (SSSR count). The van der Waals surface area contributed by atoms with Gasteiger partial charge in [0, 0.05) is 6.08 Å². The molecule has 0 amide bonds. The standard InChI is InChI=1S/C23H32O4/c1-6-16-27-21(12-10-11-13-22(25)26-5)23(8-3,9-4)19-14-15-20(24)18(7-2)17-19/h6,11-15,17,24H,1,7-10,16H2,2-5H3/b13-11+,21-12-. The number of carbonyl (C=O) groups is 1. The second kappa shape index (κ2) is 11.3. The number of aryl methyl sites for hydroxylation is 1. The lowest BCUT2D eigenvalue weighted by Gasteiger charge is -2.35. The lowest BCUT2D eigenvalue weighted by atomic mass is 9.73. The molecule has 0 saturated heterocycles. The van der Waals surface area contributed by atoms with Gasteiger partial charge in [-0.05, 0) is 49.0 Å². The van der Waals surface area contributed by atoms with Gasteiger partial charge in [0.15, 0.2) is 0 Å². The maximum atomic E-state index is 11.3. The number of allylic oxidation sites excluding steroid dienone is 3. The van der Waals surface area contributed by atoms with E-state index in [9.17, 15) is 9.90 Å². The molecule has 1 aromatic rings. The van der Waals surface area contributed by atoms with Gasteiger partial charge >= 0.3 is 5.97 Å². The molecule has 4 heteroatoms. The lowest BCUT2D eigenvalue weighted by Crippen LogP contribution is -2.29. The van der Waals surface area contributed by atoms with Crippen LogP contribution in [0.3, 0.4) is 0 Å². The van der Waals surface area contributed by atoms with Crippen molar-refractivity contribution in [1.82, 2.24) is 0 Å². The molecule has 0 atom stereocenters. The van der Waals surface area contributed by atoms with E-state index < -0.39 is 0 Å². The highest BCUT2D eigenvalue weighted by molar-refractivity contribution is 5.81. The number of phenols is 1. The third kappa shape index (κ3) is 5.75. The predicted molar refractivity (Wildman–Crippen MR) is 110 cm³/mol. The Hall–Kier alpha value is -2.49. The average Bonchev–Trinajstić information content (AvgIpc) is 2.70. The summed E-state index contributed by atoms with van der Waals surface area (Å²) in [5.41, 5.74) is 1.74. The summed E-state index contributed by atoms with van der Waals surface area (Å²) < 4.78 is 10.7. The van der Waals surface area contributed by atoms with Crippen LogP contribution in [0.1, 0.15) is 51.2 Å². The molecule has 4 nitrogen and oxygen atoms in total. The van der Waals surface area contributed by atoms with Crippen LogP contribution in [0, 0.1) is 0 Å². The Kier molecular flexibility index (Phi) is 9.41. The van der Waals surface area contributed by atoms with Gasteiger partial charge in [0.05, 0.1) is 12.5 Å². The molecule has 0 aliphatic heterocycles. The fourth-order valence-electron chi connectivity index (χ4n) is 3.26. The minimum atomic E-state index is -0.375. The number of hydrogen-bond acceptors (Lipinski definition) is 4. The van der Waals surface area contributed by atoms with E-state index in [1.54, 1.807) is 18.2 Å². The zero-order chi connectivity index (χ0) is 20.3. The summed E-state index contributed by atoms with van der Waals surface area (Å²) >= 11 is 0. The Morgan fingerprint density at radius 3 is 2.52 bits per heavy atom. The number of hydrogen-bond donors (Lipinski definition) is 1. The Bertz CT molecular complexity index is 682. The molecule has 0 radical (unpaired) electrons. The summed E-state index contributed by atoms with van der Waals surface area (Å²) in [6.07, 6.45) is 9.92. The summed E-state index contributed by atoms with van der Waals surface area (Å²) in [4.78, 5) is 11.3. The van der Waals surface area contributed by atoms with Crippen LogP contribution in [0.2, 0.25) is 0 Å². The van der Waals surface area contributed by atoms with Crippen molar-refractivity contribution in [3.05, 3.63) is 66.0 Å². The highest BCUT2D eigenvalue weighted by Gasteiger charge is 2.34. The molecule has 0 fully saturated rings. The van der Waals surface area contributed by atoms with Crippen molar-refractivity contribution in [1.29, 1.82) is 0 Å². The second-order valence-electron chi connectivity index (χ2n) is 6.32. The minimum Gasteiger partial charge on any atom is -0.508 e. The van der Waals surface area contributed by atoms with Gasteiger partial charge in [-0.2, -0.15) is 0 Å². The summed E-state index contributed by atoms with van der Waals surface area (Å²) in [7, 11) is 1.36. The molecule has 27 heavy (non-hydrogen) atoms. The van der Waals surface area contributed by atoms with E-state index in [0.29, 0.717) is 18.8 Å². The van der Waals surface area contributed by atoms with E-state index in [0.717, 1.165) is 36.1 Å². The van der Waals surface area contributed by atoms with Crippen LogP contribution in [-0.2, 0) is 26.1 Å². The summed E-state index contributed by atoms with van der Waals surface area (Å²) in [6.45, 7) is 10.5. The van der Waals surface area contributed by atoms with E-state index in [1.165, 1.54) is 13.2 Å². The summed E-state index contributed by atoms with van der Waals surface area (Å²) in [5, 5.41) is 10.1. The molecule has 148 valence electrons. The van der Waals surface area contributed by atoms with Crippen molar-refractivity contribution in [3.63, 3.8) is 0 Å². The van der Waals surface area contributed by atoms with Crippen LogP contribution in [0.5, 0.6) is 5.75 Å². The van der Waals surface area contributed by atoms with Crippen molar-refractivity contribution >= 4 is 5.97 Å². The Labute approximate surface area is 163 Å². The molecule has 0 bridgehead atoms. The molecule has 1 N–H and O–H groups in total. The van der Waals surface area contributed by atoms with Gasteiger partial charge < -0.3 is 14.6 Å². The van der Waals surface area contributed by atoms with Gasteiger partial charge in [0.25, 0.3) is 0 Å². The molecule has 0 aliphatic carbocycles. The minimum absolute atomic E-state index is 0.306.